The quantitative estimate of drug-likeness (QED) is 0.753. The number of para-hydroxylation sites is 1. The van der Waals surface area contributed by atoms with Crippen molar-refractivity contribution in [1.82, 2.24) is 0 Å². The van der Waals surface area contributed by atoms with Gasteiger partial charge in [0.25, 0.3) is 0 Å². The second kappa shape index (κ2) is 7.61. The largest absolute Gasteiger partial charge is 0.494 e. The Labute approximate surface area is 163 Å². The normalized spacial score (nSPS) is 18.0. The SMILES string of the molecule is CCOC(=O)CC1(c2ccccc2OCC)C(=O)Nc2cc(C)c(Cl)cc21. The van der Waals surface area contributed by atoms with Crippen molar-refractivity contribution in [3.63, 3.8) is 0 Å². The van der Waals surface area contributed by atoms with Crippen LogP contribution in [0.15, 0.2) is 36.4 Å². The van der Waals surface area contributed by atoms with Gasteiger partial charge in [-0.1, -0.05) is 29.8 Å². The maximum atomic E-state index is 13.3. The van der Waals surface area contributed by atoms with E-state index < -0.39 is 11.4 Å². The minimum atomic E-state index is -1.26. The van der Waals surface area contributed by atoms with Crippen LogP contribution in [-0.2, 0) is 19.7 Å². The van der Waals surface area contributed by atoms with Crippen LogP contribution in [0.1, 0.15) is 37.0 Å². The third-order valence-corrected chi connectivity index (χ3v) is 5.16. The zero-order valence-corrected chi connectivity index (χ0v) is 16.4. The predicted molar refractivity (Wildman–Crippen MR) is 104 cm³/mol. The van der Waals surface area contributed by atoms with Crippen LogP contribution in [0.4, 0.5) is 5.69 Å². The molecule has 3 rings (SSSR count). The van der Waals surface area contributed by atoms with Gasteiger partial charge in [-0.2, -0.15) is 0 Å². The van der Waals surface area contributed by atoms with Gasteiger partial charge in [-0.25, -0.2) is 0 Å². The Balaban J connectivity index is 2.27. The van der Waals surface area contributed by atoms with Crippen molar-refractivity contribution in [2.45, 2.75) is 32.6 Å². The van der Waals surface area contributed by atoms with Gasteiger partial charge >= 0.3 is 5.97 Å². The average Bonchev–Trinajstić information content (AvgIpc) is 2.88. The third-order valence-electron chi connectivity index (χ3n) is 4.76. The fraction of sp³-hybridized carbons (Fsp3) is 0.333. The van der Waals surface area contributed by atoms with Crippen molar-refractivity contribution >= 4 is 29.2 Å². The summed E-state index contributed by atoms with van der Waals surface area (Å²) in [6.45, 7) is 6.16. The van der Waals surface area contributed by atoms with Gasteiger partial charge in [-0.05, 0) is 50.1 Å². The van der Waals surface area contributed by atoms with Gasteiger partial charge in [0.15, 0.2) is 0 Å². The predicted octanol–water partition coefficient (Wildman–Crippen LogP) is 4.24. The highest BCUT2D eigenvalue weighted by molar-refractivity contribution is 6.31. The number of rotatable bonds is 6. The summed E-state index contributed by atoms with van der Waals surface area (Å²) in [6, 6.07) is 10.9. The molecule has 27 heavy (non-hydrogen) atoms. The number of aryl methyl sites for hydroxylation is 1. The van der Waals surface area contributed by atoms with Gasteiger partial charge in [-0.3, -0.25) is 9.59 Å². The number of carbonyl (C=O) groups excluding carboxylic acids is 2. The first-order valence-corrected chi connectivity index (χ1v) is 9.31. The van der Waals surface area contributed by atoms with Gasteiger partial charge in [-0.15, -0.1) is 0 Å². The van der Waals surface area contributed by atoms with E-state index in [0.717, 1.165) is 5.56 Å². The van der Waals surface area contributed by atoms with E-state index in [2.05, 4.69) is 5.32 Å². The molecule has 1 aliphatic heterocycles. The lowest BCUT2D eigenvalue weighted by Crippen LogP contribution is -2.39. The van der Waals surface area contributed by atoms with Crippen LogP contribution in [0, 0.1) is 6.92 Å². The second-order valence-corrected chi connectivity index (χ2v) is 6.82. The van der Waals surface area contributed by atoms with E-state index in [1.165, 1.54) is 0 Å². The maximum Gasteiger partial charge on any atom is 0.307 e. The Hall–Kier alpha value is -2.53. The average molecular weight is 388 g/mol. The molecule has 1 N–H and O–H groups in total. The van der Waals surface area contributed by atoms with E-state index in [1.807, 2.05) is 38.1 Å². The number of benzene rings is 2. The molecule has 2 aromatic carbocycles. The molecule has 0 saturated carbocycles. The molecule has 1 amide bonds. The van der Waals surface area contributed by atoms with Crippen LogP contribution in [-0.4, -0.2) is 25.1 Å². The van der Waals surface area contributed by atoms with Gasteiger partial charge in [0, 0.05) is 16.3 Å². The molecule has 0 aliphatic carbocycles. The number of amides is 1. The molecule has 0 fully saturated rings. The van der Waals surface area contributed by atoms with Crippen LogP contribution in [0.25, 0.3) is 0 Å². The number of nitrogens with one attached hydrogen (secondary N) is 1. The van der Waals surface area contributed by atoms with Crippen LogP contribution >= 0.6 is 11.6 Å². The van der Waals surface area contributed by atoms with E-state index in [9.17, 15) is 9.59 Å². The highest BCUT2D eigenvalue weighted by Gasteiger charge is 2.51. The Morgan fingerprint density at radius 1 is 1.15 bits per heavy atom. The van der Waals surface area contributed by atoms with Crippen molar-refractivity contribution in [2.75, 3.05) is 18.5 Å². The van der Waals surface area contributed by atoms with Crippen LogP contribution in [0.2, 0.25) is 5.02 Å². The molecule has 1 heterocycles. The standard InChI is InChI=1S/C21H22ClNO4/c1-4-26-18-9-7-6-8-14(18)21(12-19(24)27-5-2)15-11-16(22)13(3)10-17(15)23-20(21)25/h6-11H,4-5,12H2,1-3H3,(H,23,25). The topological polar surface area (TPSA) is 64.6 Å². The molecule has 1 unspecified atom stereocenters. The number of hydrogen-bond donors (Lipinski definition) is 1. The summed E-state index contributed by atoms with van der Waals surface area (Å²) in [4.78, 5) is 25.7. The van der Waals surface area contributed by atoms with Crippen molar-refractivity contribution < 1.29 is 19.1 Å². The molecule has 0 bridgehead atoms. The summed E-state index contributed by atoms with van der Waals surface area (Å²) < 4.78 is 10.9. The summed E-state index contributed by atoms with van der Waals surface area (Å²) >= 11 is 6.37. The smallest absolute Gasteiger partial charge is 0.307 e. The molecule has 0 radical (unpaired) electrons. The van der Waals surface area contributed by atoms with Gasteiger partial charge in [0.2, 0.25) is 5.91 Å². The fourth-order valence-electron chi connectivity index (χ4n) is 3.56. The zero-order chi connectivity index (χ0) is 19.6. The molecule has 0 spiro atoms. The van der Waals surface area contributed by atoms with E-state index in [0.29, 0.717) is 34.2 Å². The summed E-state index contributed by atoms with van der Waals surface area (Å²) in [6.07, 6.45) is -0.136. The monoisotopic (exact) mass is 387 g/mol. The number of esters is 1. The summed E-state index contributed by atoms with van der Waals surface area (Å²) in [5.41, 5.74) is 1.52. The second-order valence-electron chi connectivity index (χ2n) is 6.42. The molecular weight excluding hydrogens is 366 g/mol. The van der Waals surface area contributed by atoms with Crippen molar-refractivity contribution in [2.24, 2.45) is 0 Å². The number of fused-ring (bicyclic) bond motifs is 1. The van der Waals surface area contributed by atoms with E-state index in [-0.39, 0.29) is 18.9 Å². The molecule has 1 atom stereocenters. The minimum absolute atomic E-state index is 0.136. The van der Waals surface area contributed by atoms with Gasteiger partial charge < -0.3 is 14.8 Å². The molecule has 5 nitrogen and oxygen atoms in total. The molecule has 142 valence electrons. The number of halogens is 1. The number of carbonyl (C=O) groups is 2. The molecule has 0 aromatic heterocycles. The van der Waals surface area contributed by atoms with Crippen LogP contribution < -0.4 is 10.1 Å². The molecule has 6 heteroatoms. The lowest BCUT2D eigenvalue weighted by Gasteiger charge is -2.29. The summed E-state index contributed by atoms with van der Waals surface area (Å²) in [5.74, 6) is -0.188. The van der Waals surface area contributed by atoms with Crippen molar-refractivity contribution in [3.05, 3.63) is 58.1 Å². The molecular formula is C21H22ClNO4. The van der Waals surface area contributed by atoms with Crippen LogP contribution in [0.5, 0.6) is 5.75 Å². The van der Waals surface area contributed by atoms with E-state index >= 15 is 0 Å². The van der Waals surface area contributed by atoms with Crippen LogP contribution in [0.3, 0.4) is 0 Å². The number of anilines is 1. The highest BCUT2D eigenvalue weighted by Crippen LogP contribution is 2.49. The Morgan fingerprint density at radius 3 is 2.59 bits per heavy atom. The summed E-state index contributed by atoms with van der Waals surface area (Å²) in [7, 11) is 0. The lowest BCUT2D eigenvalue weighted by molar-refractivity contribution is -0.145. The third kappa shape index (κ3) is 3.28. The lowest BCUT2D eigenvalue weighted by atomic mass is 9.72. The first kappa shape index (κ1) is 19.2. The maximum absolute atomic E-state index is 13.3. The highest BCUT2D eigenvalue weighted by atomic mass is 35.5. The van der Waals surface area contributed by atoms with Gasteiger partial charge in [0.05, 0.1) is 19.6 Å². The Kier molecular flexibility index (Phi) is 5.42. The summed E-state index contributed by atoms with van der Waals surface area (Å²) in [5, 5.41) is 3.45. The first-order valence-electron chi connectivity index (χ1n) is 8.94. The molecule has 2 aromatic rings. The molecule has 0 saturated heterocycles. The van der Waals surface area contributed by atoms with Gasteiger partial charge in [0.1, 0.15) is 11.2 Å². The van der Waals surface area contributed by atoms with Crippen molar-refractivity contribution in [3.8, 4) is 5.75 Å². The first-order chi connectivity index (χ1) is 12.9. The number of hydrogen-bond acceptors (Lipinski definition) is 4. The molecule has 1 aliphatic rings. The van der Waals surface area contributed by atoms with E-state index in [1.54, 1.807) is 19.1 Å². The Bertz CT molecular complexity index is 896. The van der Waals surface area contributed by atoms with Crippen molar-refractivity contribution in [1.29, 1.82) is 0 Å². The number of ether oxygens (including phenoxy) is 2. The zero-order valence-electron chi connectivity index (χ0n) is 15.6. The Morgan fingerprint density at radius 2 is 1.89 bits per heavy atom. The minimum Gasteiger partial charge on any atom is -0.494 e. The van der Waals surface area contributed by atoms with E-state index in [4.69, 9.17) is 21.1 Å². The fourth-order valence-corrected chi connectivity index (χ4v) is 3.72.